The van der Waals surface area contributed by atoms with Crippen molar-refractivity contribution in [3.63, 3.8) is 0 Å². The van der Waals surface area contributed by atoms with E-state index in [9.17, 15) is 18.0 Å². The number of anilines is 1. The number of ether oxygens (including phenoxy) is 1. The highest BCUT2D eigenvalue weighted by Gasteiger charge is 2.34. The number of fused-ring (bicyclic) bond motifs is 1. The van der Waals surface area contributed by atoms with Crippen molar-refractivity contribution < 1.29 is 22.7 Å². The first kappa shape index (κ1) is 27.2. The number of hydrogen-bond donors (Lipinski definition) is 1. The molecule has 1 amide bonds. The van der Waals surface area contributed by atoms with Gasteiger partial charge in [0.1, 0.15) is 0 Å². The number of carbonyl (C=O) groups is 1. The van der Waals surface area contributed by atoms with Crippen LogP contribution >= 0.6 is 0 Å². The second-order valence-electron chi connectivity index (χ2n) is 11.7. The lowest BCUT2D eigenvalue weighted by molar-refractivity contribution is -0.140. The maximum atomic E-state index is 13.0. The summed E-state index contributed by atoms with van der Waals surface area (Å²) in [6.45, 7) is 6.39. The Morgan fingerprint density at radius 3 is 2.39 bits per heavy atom. The third-order valence-electron chi connectivity index (χ3n) is 8.76. The maximum Gasteiger partial charge on any atom is 0.391 e. The highest BCUT2D eigenvalue weighted by atomic mass is 19.4. The number of morpholine rings is 1. The number of alkyl halides is 3. The van der Waals surface area contributed by atoms with Crippen LogP contribution in [0, 0.1) is 11.8 Å². The molecule has 3 fully saturated rings. The molecular formula is C28H40F3N5O2. The number of carbonyl (C=O) groups excluding carboxylic acids is 1. The minimum Gasteiger partial charge on any atom is -0.378 e. The average Bonchev–Trinajstić information content (AvgIpc) is 3.27. The van der Waals surface area contributed by atoms with Crippen LogP contribution in [0.5, 0.6) is 0 Å². The van der Waals surface area contributed by atoms with Crippen molar-refractivity contribution in [2.24, 2.45) is 11.8 Å². The Balaban J connectivity index is 1.36. The molecule has 7 nitrogen and oxygen atoms in total. The monoisotopic (exact) mass is 535 g/mol. The molecule has 0 aromatic carbocycles. The summed E-state index contributed by atoms with van der Waals surface area (Å²) in [5, 5.41) is 7.57. The van der Waals surface area contributed by atoms with Gasteiger partial charge in [0.25, 0.3) is 0 Å². The van der Waals surface area contributed by atoms with Crippen molar-refractivity contribution in [1.29, 1.82) is 0 Å². The largest absolute Gasteiger partial charge is 0.391 e. The van der Waals surface area contributed by atoms with E-state index in [1.54, 1.807) is 6.20 Å². The van der Waals surface area contributed by atoms with E-state index in [1.165, 1.54) is 25.3 Å². The van der Waals surface area contributed by atoms with Crippen LogP contribution in [0.4, 0.5) is 19.1 Å². The summed E-state index contributed by atoms with van der Waals surface area (Å²) >= 11 is 0. The number of aromatic nitrogens is 3. The minimum absolute atomic E-state index is 0.0692. The van der Waals surface area contributed by atoms with Crippen LogP contribution in [0.2, 0.25) is 0 Å². The Kier molecular flexibility index (Phi) is 8.16. The van der Waals surface area contributed by atoms with Gasteiger partial charge in [-0.2, -0.15) is 13.2 Å². The molecule has 38 heavy (non-hydrogen) atoms. The van der Waals surface area contributed by atoms with Crippen molar-refractivity contribution in [1.82, 2.24) is 19.5 Å². The average molecular weight is 536 g/mol. The zero-order valence-corrected chi connectivity index (χ0v) is 22.5. The van der Waals surface area contributed by atoms with Gasteiger partial charge in [0.05, 0.1) is 31.3 Å². The molecule has 5 rings (SSSR count). The van der Waals surface area contributed by atoms with E-state index >= 15 is 0 Å². The molecule has 210 valence electrons. The Morgan fingerprint density at radius 2 is 1.74 bits per heavy atom. The maximum absolute atomic E-state index is 13.0. The lowest BCUT2D eigenvalue weighted by Gasteiger charge is -2.34. The quantitative estimate of drug-likeness (QED) is 0.498. The van der Waals surface area contributed by atoms with Crippen LogP contribution in [-0.4, -0.2) is 63.9 Å². The molecule has 1 saturated heterocycles. The van der Waals surface area contributed by atoms with Gasteiger partial charge >= 0.3 is 6.18 Å². The van der Waals surface area contributed by atoms with Gasteiger partial charge in [0, 0.05) is 36.7 Å². The fourth-order valence-electron chi connectivity index (χ4n) is 6.59. The SMILES string of the molecule is CC1CCC(c2cc(C3CCC(C(=O)N4CCOCC4)CC3)c3cnc(N[C@@H](C)CC(F)(F)F)nn23)CC1. The fourth-order valence-corrected chi connectivity index (χ4v) is 6.59. The predicted octanol–water partition coefficient (Wildman–Crippen LogP) is 5.91. The van der Waals surface area contributed by atoms with E-state index in [-0.39, 0.29) is 17.8 Å². The van der Waals surface area contributed by atoms with Gasteiger partial charge in [-0.05, 0) is 68.9 Å². The molecule has 0 radical (unpaired) electrons. The summed E-state index contributed by atoms with van der Waals surface area (Å²) in [6.07, 6.45) is 4.69. The van der Waals surface area contributed by atoms with Crippen molar-refractivity contribution in [2.75, 3.05) is 31.6 Å². The summed E-state index contributed by atoms with van der Waals surface area (Å²) in [6, 6.07) is 1.46. The first-order chi connectivity index (χ1) is 18.2. The Hall–Kier alpha value is -2.36. The number of rotatable bonds is 6. The Labute approximate surface area is 222 Å². The summed E-state index contributed by atoms with van der Waals surface area (Å²) in [5.41, 5.74) is 3.30. The number of nitrogens with zero attached hydrogens (tertiary/aromatic N) is 4. The van der Waals surface area contributed by atoms with Crippen molar-refractivity contribution >= 4 is 17.4 Å². The van der Waals surface area contributed by atoms with E-state index in [1.807, 2.05) is 9.42 Å². The molecule has 0 unspecified atom stereocenters. The molecule has 10 heteroatoms. The fraction of sp³-hybridized carbons (Fsp3) is 0.750. The molecule has 1 atom stereocenters. The zero-order chi connectivity index (χ0) is 26.9. The van der Waals surface area contributed by atoms with E-state index < -0.39 is 18.6 Å². The standard InChI is InChI=1S/C28H40F3N5O2/c1-18-3-5-21(6-4-18)24-15-23(20-7-9-22(10-8-20)26(37)35-11-13-38-14-12-35)25-17-32-27(34-36(24)25)33-19(2)16-28(29,30)31/h15,17-22H,3-14,16H2,1-2H3,(H,33,34)/t18?,19-,20?,21?,22?/m0/s1. The number of halogens is 3. The molecule has 1 aliphatic heterocycles. The summed E-state index contributed by atoms with van der Waals surface area (Å²) in [5.74, 6) is 1.97. The molecule has 2 aromatic heterocycles. The van der Waals surface area contributed by atoms with Gasteiger partial charge in [0.2, 0.25) is 11.9 Å². The normalized spacial score (nSPS) is 27.9. The van der Waals surface area contributed by atoms with Crippen LogP contribution in [0.1, 0.15) is 94.7 Å². The number of nitrogens with one attached hydrogen (secondary N) is 1. The van der Waals surface area contributed by atoms with Crippen LogP contribution < -0.4 is 5.32 Å². The van der Waals surface area contributed by atoms with Gasteiger partial charge in [-0.1, -0.05) is 19.8 Å². The molecule has 2 saturated carbocycles. The predicted molar refractivity (Wildman–Crippen MR) is 139 cm³/mol. The molecule has 0 bridgehead atoms. The third-order valence-corrected chi connectivity index (χ3v) is 8.76. The first-order valence-electron chi connectivity index (χ1n) is 14.3. The highest BCUT2D eigenvalue weighted by molar-refractivity contribution is 5.79. The molecule has 3 heterocycles. The third kappa shape index (κ3) is 6.26. The van der Waals surface area contributed by atoms with E-state index in [2.05, 4.69) is 23.3 Å². The Bertz CT molecular complexity index is 1100. The minimum atomic E-state index is -4.25. The molecular weight excluding hydrogens is 495 g/mol. The van der Waals surface area contributed by atoms with Crippen molar-refractivity contribution in [2.45, 2.75) is 95.7 Å². The van der Waals surface area contributed by atoms with Gasteiger partial charge in [-0.3, -0.25) is 4.79 Å². The second kappa shape index (κ2) is 11.4. The molecule has 0 spiro atoms. The van der Waals surface area contributed by atoms with Crippen LogP contribution in [0.3, 0.4) is 0 Å². The second-order valence-corrected chi connectivity index (χ2v) is 11.7. The smallest absolute Gasteiger partial charge is 0.378 e. The number of amides is 1. The van der Waals surface area contributed by atoms with Gasteiger partial charge < -0.3 is 15.0 Å². The first-order valence-corrected chi connectivity index (χ1v) is 14.3. The van der Waals surface area contributed by atoms with Gasteiger partial charge in [0.15, 0.2) is 0 Å². The van der Waals surface area contributed by atoms with Gasteiger partial charge in [-0.25, -0.2) is 9.50 Å². The van der Waals surface area contributed by atoms with Crippen LogP contribution in [-0.2, 0) is 9.53 Å². The van der Waals surface area contributed by atoms with Crippen LogP contribution in [0.15, 0.2) is 12.3 Å². The van der Waals surface area contributed by atoms with Crippen molar-refractivity contribution in [3.05, 3.63) is 23.5 Å². The van der Waals surface area contributed by atoms with E-state index in [4.69, 9.17) is 9.84 Å². The highest BCUT2D eigenvalue weighted by Crippen LogP contribution is 2.42. The molecule has 1 N–H and O–H groups in total. The summed E-state index contributed by atoms with van der Waals surface area (Å²) in [4.78, 5) is 19.4. The molecule has 3 aliphatic rings. The summed E-state index contributed by atoms with van der Waals surface area (Å²) < 4.78 is 46.0. The van der Waals surface area contributed by atoms with Crippen LogP contribution in [0.25, 0.3) is 5.52 Å². The lowest BCUT2D eigenvalue weighted by Crippen LogP contribution is -2.44. The molecule has 2 aliphatic carbocycles. The number of hydrogen-bond acceptors (Lipinski definition) is 5. The van der Waals surface area contributed by atoms with Gasteiger partial charge in [-0.15, -0.1) is 5.10 Å². The van der Waals surface area contributed by atoms with E-state index in [0.717, 1.165) is 49.7 Å². The van der Waals surface area contributed by atoms with E-state index in [0.29, 0.717) is 44.1 Å². The molecule has 2 aromatic rings. The Morgan fingerprint density at radius 1 is 1.08 bits per heavy atom. The summed E-state index contributed by atoms with van der Waals surface area (Å²) in [7, 11) is 0. The van der Waals surface area contributed by atoms with Crippen molar-refractivity contribution in [3.8, 4) is 0 Å². The zero-order valence-electron chi connectivity index (χ0n) is 22.5. The topological polar surface area (TPSA) is 71.8 Å². The lowest BCUT2D eigenvalue weighted by atomic mass is 9.77.